The van der Waals surface area contributed by atoms with Gasteiger partial charge in [-0.2, -0.15) is 0 Å². The highest BCUT2D eigenvalue weighted by molar-refractivity contribution is 5.52. The minimum atomic E-state index is 0.228. The lowest BCUT2D eigenvalue weighted by Crippen LogP contribution is -2.40. The lowest BCUT2D eigenvalue weighted by atomic mass is 9.85. The molecular formula is C19H23NO2. The molecule has 22 heavy (non-hydrogen) atoms. The maximum absolute atomic E-state index is 9.82. The summed E-state index contributed by atoms with van der Waals surface area (Å²) in [6.45, 7) is 1.24. The summed E-state index contributed by atoms with van der Waals surface area (Å²) in [6.07, 6.45) is 2.18. The largest absolute Gasteiger partial charge is 0.497 e. The number of benzene rings is 2. The molecule has 0 radical (unpaired) electrons. The fourth-order valence-corrected chi connectivity index (χ4v) is 3.43. The minimum Gasteiger partial charge on any atom is -0.497 e. The van der Waals surface area contributed by atoms with Crippen LogP contribution in [-0.2, 0) is 0 Å². The molecule has 116 valence electrons. The first-order valence-electron chi connectivity index (χ1n) is 7.90. The number of nitrogens with zero attached hydrogens (tertiary/aromatic N) is 1. The molecule has 2 aromatic carbocycles. The van der Waals surface area contributed by atoms with Gasteiger partial charge in [0.1, 0.15) is 5.75 Å². The van der Waals surface area contributed by atoms with E-state index in [-0.39, 0.29) is 18.6 Å². The van der Waals surface area contributed by atoms with E-state index in [9.17, 15) is 5.11 Å². The van der Waals surface area contributed by atoms with Gasteiger partial charge in [0.05, 0.1) is 13.2 Å². The molecule has 3 heteroatoms. The summed E-state index contributed by atoms with van der Waals surface area (Å²) in [4.78, 5) is 2.42. The molecule has 1 saturated heterocycles. The lowest BCUT2D eigenvalue weighted by molar-refractivity contribution is 0.176. The molecule has 1 N–H and O–H groups in total. The van der Waals surface area contributed by atoms with Gasteiger partial charge in [0, 0.05) is 24.8 Å². The number of aliphatic hydroxyl groups is 1. The SMILES string of the molecule is COc1ccc(N2CCC[C@H](CO)[C@H]2c2ccccc2)cc1. The van der Waals surface area contributed by atoms with Gasteiger partial charge in [0.25, 0.3) is 0 Å². The van der Waals surface area contributed by atoms with E-state index in [2.05, 4.69) is 41.3 Å². The van der Waals surface area contributed by atoms with Gasteiger partial charge in [0.15, 0.2) is 0 Å². The molecule has 0 amide bonds. The highest BCUT2D eigenvalue weighted by Gasteiger charge is 2.32. The number of hydrogen-bond donors (Lipinski definition) is 1. The van der Waals surface area contributed by atoms with Crippen molar-refractivity contribution in [3.63, 3.8) is 0 Å². The summed E-state index contributed by atoms with van der Waals surface area (Å²) in [5, 5.41) is 9.82. The van der Waals surface area contributed by atoms with Crippen LogP contribution >= 0.6 is 0 Å². The van der Waals surface area contributed by atoms with Crippen molar-refractivity contribution in [2.24, 2.45) is 5.92 Å². The van der Waals surface area contributed by atoms with Crippen molar-refractivity contribution in [3.05, 3.63) is 60.2 Å². The van der Waals surface area contributed by atoms with E-state index in [4.69, 9.17) is 4.74 Å². The molecular weight excluding hydrogens is 274 g/mol. The highest BCUT2D eigenvalue weighted by atomic mass is 16.5. The Kier molecular flexibility index (Phi) is 4.64. The standard InChI is InChI=1S/C19H23NO2/c1-22-18-11-9-17(10-12-18)20-13-5-8-16(14-21)19(20)15-6-3-2-4-7-15/h2-4,6-7,9-12,16,19,21H,5,8,13-14H2,1H3/t16-,19-/m1/s1. The van der Waals surface area contributed by atoms with E-state index in [1.54, 1.807) is 7.11 Å². The van der Waals surface area contributed by atoms with E-state index >= 15 is 0 Å². The summed E-state index contributed by atoms with van der Waals surface area (Å²) < 4.78 is 5.25. The van der Waals surface area contributed by atoms with Crippen LogP contribution in [-0.4, -0.2) is 25.4 Å². The van der Waals surface area contributed by atoms with Crippen LogP contribution in [0, 0.1) is 5.92 Å². The van der Waals surface area contributed by atoms with Crippen LogP contribution in [0.3, 0.4) is 0 Å². The number of rotatable bonds is 4. The van der Waals surface area contributed by atoms with Gasteiger partial charge in [-0.1, -0.05) is 30.3 Å². The first-order chi connectivity index (χ1) is 10.8. The zero-order valence-electron chi connectivity index (χ0n) is 13.0. The van der Waals surface area contributed by atoms with Crippen LogP contribution in [0.1, 0.15) is 24.4 Å². The fourth-order valence-electron chi connectivity index (χ4n) is 3.43. The Morgan fingerprint density at radius 1 is 1.09 bits per heavy atom. The maximum atomic E-state index is 9.82. The molecule has 0 aliphatic carbocycles. The average molecular weight is 297 g/mol. The predicted molar refractivity (Wildman–Crippen MR) is 89.3 cm³/mol. The third-order valence-corrected chi connectivity index (χ3v) is 4.54. The molecule has 0 aromatic heterocycles. The summed E-state index contributed by atoms with van der Waals surface area (Å²) in [7, 11) is 1.68. The van der Waals surface area contributed by atoms with Crippen LogP contribution in [0.5, 0.6) is 5.75 Å². The maximum Gasteiger partial charge on any atom is 0.119 e. The van der Waals surface area contributed by atoms with Gasteiger partial charge in [-0.05, 0) is 42.7 Å². The van der Waals surface area contributed by atoms with Crippen LogP contribution in [0.4, 0.5) is 5.69 Å². The third kappa shape index (κ3) is 2.95. The lowest BCUT2D eigenvalue weighted by Gasteiger charge is -2.42. The number of hydrogen-bond acceptors (Lipinski definition) is 3. The first-order valence-corrected chi connectivity index (χ1v) is 7.90. The first kappa shape index (κ1) is 14.9. The Morgan fingerprint density at radius 2 is 1.82 bits per heavy atom. The van der Waals surface area contributed by atoms with Crippen molar-refractivity contribution in [3.8, 4) is 5.75 Å². The topological polar surface area (TPSA) is 32.7 Å². The van der Waals surface area contributed by atoms with E-state index in [1.165, 1.54) is 11.3 Å². The molecule has 0 saturated carbocycles. The average Bonchev–Trinajstić information content (AvgIpc) is 2.62. The zero-order valence-corrected chi connectivity index (χ0v) is 13.0. The number of aliphatic hydroxyl groups excluding tert-OH is 1. The Hall–Kier alpha value is -2.00. The summed E-state index contributed by atoms with van der Waals surface area (Å²) >= 11 is 0. The van der Waals surface area contributed by atoms with Crippen molar-refractivity contribution < 1.29 is 9.84 Å². The van der Waals surface area contributed by atoms with E-state index in [1.807, 2.05) is 18.2 Å². The van der Waals surface area contributed by atoms with Crippen molar-refractivity contribution in [1.82, 2.24) is 0 Å². The molecule has 0 bridgehead atoms. The molecule has 3 nitrogen and oxygen atoms in total. The Bertz CT molecular complexity index is 582. The molecule has 1 fully saturated rings. The Balaban J connectivity index is 1.95. The van der Waals surface area contributed by atoms with Gasteiger partial charge >= 0.3 is 0 Å². The van der Waals surface area contributed by atoms with Crippen molar-refractivity contribution in [2.45, 2.75) is 18.9 Å². The Morgan fingerprint density at radius 3 is 2.45 bits per heavy atom. The number of ether oxygens (including phenoxy) is 1. The second-order valence-corrected chi connectivity index (χ2v) is 5.83. The fraction of sp³-hybridized carbons (Fsp3) is 0.368. The molecule has 1 heterocycles. The molecule has 1 aliphatic heterocycles. The van der Waals surface area contributed by atoms with Gasteiger partial charge in [-0.3, -0.25) is 0 Å². The molecule has 0 unspecified atom stereocenters. The van der Waals surface area contributed by atoms with Crippen LogP contribution in [0.25, 0.3) is 0 Å². The molecule has 2 aromatic rings. The van der Waals surface area contributed by atoms with Gasteiger partial charge in [-0.15, -0.1) is 0 Å². The predicted octanol–water partition coefficient (Wildman–Crippen LogP) is 3.65. The molecule has 3 rings (SSSR count). The quantitative estimate of drug-likeness (QED) is 0.935. The smallest absolute Gasteiger partial charge is 0.119 e. The van der Waals surface area contributed by atoms with E-state index in [0.29, 0.717) is 0 Å². The van der Waals surface area contributed by atoms with E-state index in [0.717, 1.165) is 25.1 Å². The zero-order chi connectivity index (χ0) is 15.4. The minimum absolute atomic E-state index is 0.228. The monoisotopic (exact) mass is 297 g/mol. The molecule has 1 aliphatic rings. The summed E-state index contributed by atoms with van der Waals surface area (Å²) in [5.41, 5.74) is 2.46. The van der Waals surface area contributed by atoms with Crippen molar-refractivity contribution in [1.29, 1.82) is 0 Å². The van der Waals surface area contributed by atoms with Gasteiger partial charge in [0.2, 0.25) is 0 Å². The second-order valence-electron chi connectivity index (χ2n) is 5.83. The van der Waals surface area contributed by atoms with Crippen LogP contribution in [0.2, 0.25) is 0 Å². The van der Waals surface area contributed by atoms with Crippen LogP contribution < -0.4 is 9.64 Å². The number of methoxy groups -OCH3 is 1. The van der Waals surface area contributed by atoms with Crippen molar-refractivity contribution in [2.75, 3.05) is 25.2 Å². The summed E-state index contributed by atoms with van der Waals surface area (Å²) in [5.74, 6) is 1.15. The molecule has 0 spiro atoms. The van der Waals surface area contributed by atoms with Crippen LogP contribution in [0.15, 0.2) is 54.6 Å². The van der Waals surface area contributed by atoms with Gasteiger partial charge < -0.3 is 14.7 Å². The number of anilines is 1. The molecule has 2 atom stereocenters. The normalized spacial score (nSPS) is 21.6. The third-order valence-electron chi connectivity index (χ3n) is 4.54. The summed E-state index contributed by atoms with van der Waals surface area (Å²) in [6, 6.07) is 19.0. The van der Waals surface area contributed by atoms with E-state index < -0.39 is 0 Å². The highest BCUT2D eigenvalue weighted by Crippen LogP contribution is 2.39. The second kappa shape index (κ2) is 6.84. The van der Waals surface area contributed by atoms with Gasteiger partial charge in [-0.25, -0.2) is 0 Å². The van der Waals surface area contributed by atoms with Crippen molar-refractivity contribution >= 4 is 5.69 Å². The Labute approximate surface area is 132 Å². The number of piperidine rings is 1.